The Morgan fingerprint density at radius 2 is 2.11 bits per heavy atom. The minimum absolute atomic E-state index is 0.0715. The van der Waals surface area contributed by atoms with Gasteiger partial charge < -0.3 is 16.3 Å². The van der Waals surface area contributed by atoms with Crippen LogP contribution in [0.3, 0.4) is 0 Å². The Kier molecular flexibility index (Phi) is 4.03. The third kappa shape index (κ3) is 2.86. The van der Waals surface area contributed by atoms with E-state index in [0.717, 1.165) is 25.7 Å². The molecule has 1 aliphatic carbocycles. The summed E-state index contributed by atoms with van der Waals surface area (Å²) in [5.41, 5.74) is 5.43. The molecule has 1 fully saturated rings. The molecule has 0 unspecified atom stereocenters. The van der Waals surface area contributed by atoms with Gasteiger partial charge in [0, 0.05) is 6.20 Å². The molecule has 0 bridgehead atoms. The molecule has 0 aromatic carbocycles. The number of nitrogens with zero attached hydrogens (tertiary/aromatic N) is 2. The third-order valence-corrected chi connectivity index (χ3v) is 3.65. The summed E-state index contributed by atoms with van der Waals surface area (Å²) < 4.78 is 0. The van der Waals surface area contributed by atoms with Crippen molar-refractivity contribution in [2.24, 2.45) is 10.9 Å². The van der Waals surface area contributed by atoms with Gasteiger partial charge in [-0.2, -0.15) is 5.10 Å². The van der Waals surface area contributed by atoms with Crippen molar-refractivity contribution in [3.63, 3.8) is 0 Å². The van der Waals surface area contributed by atoms with Gasteiger partial charge in [0.05, 0.1) is 0 Å². The molecule has 1 saturated carbocycles. The Morgan fingerprint density at radius 3 is 2.63 bits per heavy atom. The Labute approximate surface area is 111 Å². The largest absolute Gasteiger partial charge is 0.409 e. The van der Waals surface area contributed by atoms with Gasteiger partial charge in [0.1, 0.15) is 11.2 Å². The van der Waals surface area contributed by atoms with E-state index in [1.165, 1.54) is 6.20 Å². The maximum atomic E-state index is 12.1. The van der Waals surface area contributed by atoms with Gasteiger partial charge in [0.15, 0.2) is 5.84 Å². The normalized spacial score (nSPS) is 19.7. The molecular formula is C12H19N5O2. The summed E-state index contributed by atoms with van der Waals surface area (Å²) in [6.45, 7) is 0. The van der Waals surface area contributed by atoms with E-state index < -0.39 is 5.54 Å². The van der Waals surface area contributed by atoms with Crippen molar-refractivity contribution in [3.8, 4) is 0 Å². The van der Waals surface area contributed by atoms with Crippen LogP contribution in [0.1, 0.15) is 49.0 Å². The minimum atomic E-state index is -0.757. The van der Waals surface area contributed by atoms with E-state index in [4.69, 9.17) is 10.9 Å². The first-order valence-corrected chi connectivity index (χ1v) is 6.48. The van der Waals surface area contributed by atoms with Crippen LogP contribution in [-0.4, -0.2) is 32.7 Å². The maximum Gasteiger partial charge on any atom is 0.270 e. The zero-order valence-electron chi connectivity index (χ0n) is 10.7. The van der Waals surface area contributed by atoms with Crippen LogP contribution in [0.25, 0.3) is 0 Å². The number of aromatic amines is 1. The number of aromatic nitrogens is 2. The molecule has 1 amide bonds. The minimum Gasteiger partial charge on any atom is -0.409 e. The predicted molar refractivity (Wildman–Crippen MR) is 69.9 cm³/mol. The number of carbonyl (C=O) groups is 1. The Balaban J connectivity index is 2.20. The highest BCUT2D eigenvalue weighted by Gasteiger charge is 2.37. The molecule has 1 aliphatic rings. The molecule has 1 heterocycles. The van der Waals surface area contributed by atoms with Gasteiger partial charge in [0.2, 0.25) is 0 Å². The van der Waals surface area contributed by atoms with E-state index >= 15 is 0 Å². The van der Waals surface area contributed by atoms with E-state index in [2.05, 4.69) is 20.7 Å². The number of hydrogen-bond acceptors (Lipinski definition) is 4. The number of oxime groups is 1. The van der Waals surface area contributed by atoms with Crippen molar-refractivity contribution >= 4 is 11.7 Å². The molecule has 1 aromatic heterocycles. The van der Waals surface area contributed by atoms with Crippen LogP contribution >= 0.6 is 0 Å². The smallest absolute Gasteiger partial charge is 0.270 e. The van der Waals surface area contributed by atoms with Gasteiger partial charge in [-0.1, -0.05) is 30.8 Å². The summed E-state index contributed by atoms with van der Waals surface area (Å²) >= 11 is 0. The number of rotatable bonds is 3. The third-order valence-electron chi connectivity index (χ3n) is 3.65. The van der Waals surface area contributed by atoms with Crippen LogP contribution in [0.15, 0.2) is 17.4 Å². The summed E-state index contributed by atoms with van der Waals surface area (Å²) in [6.07, 6.45) is 6.96. The summed E-state index contributed by atoms with van der Waals surface area (Å²) in [6, 6.07) is 1.59. The molecule has 104 valence electrons. The number of amidine groups is 1. The number of hydrogen-bond donors (Lipinski definition) is 4. The van der Waals surface area contributed by atoms with Crippen LogP contribution < -0.4 is 11.1 Å². The molecule has 0 atom stereocenters. The van der Waals surface area contributed by atoms with Gasteiger partial charge in [-0.3, -0.25) is 9.89 Å². The first-order chi connectivity index (χ1) is 9.18. The average molecular weight is 265 g/mol. The highest BCUT2D eigenvalue weighted by molar-refractivity contribution is 5.99. The van der Waals surface area contributed by atoms with Crippen LogP contribution in [0, 0.1) is 0 Å². The predicted octanol–water partition coefficient (Wildman–Crippen LogP) is 0.979. The second-order valence-electron chi connectivity index (χ2n) is 4.91. The number of nitrogens with one attached hydrogen (secondary N) is 2. The number of nitrogens with two attached hydrogens (primary N) is 1. The number of H-pyrrole nitrogens is 1. The lowest BCUT2D eigenvalue weighted by Crippen LogP contribution is -2.57. The van der Waals surface area contributed by atoms with Gasteiger partial charge in [-0.05, 0) is 18.9 Å². The molecule has 5 N–H and O–H groups in total. The van der Waals surface area contributed by atoms with Crippen molar-refractivity contribution in [1.82, 2.24) is 15.5 Å². The Morgan fingerprint density at radius 1 is 1.42 bits per heavy atom. The van der Waals surface area contributed by atoms with Crippen LogP contribution in [0.4, 0.5) is 0 Å². The van der Waals surface area contributed by atoms with Crippen LogP contribution in [0.2, 0.25) is 0 Å². The average Bonchev–Trinajstić information content (AvgIpc) is 2.86. The van der Waals surface area contributed by atoms with Gasteiger partial charge in [0.25, 0.3) is 5.91 Å². The van der Waals surface area contributed by atoms with Crippen molar-refractivity contribution < 1.29 is 10.0 Å². The zero-order valence-corrected chi connectivity index (χ0v) is 10.7. The first-order valence-electron chi connectivity index (χ1n) is 6.48. The van der Waals surface area contributed by atoms with E-state index in [9.17, 15) is 4.79 Å². The lowest BCUT2D eigenvalue weighted by Gasteiger charge is -2.32. The van der Waals surface area contributed by atoms with Gasteiger partial charge in [-0.15, -0.1) is 0 Å². The lowest BCUT2D eigenvalue weighted by atomic mass is 9.88. The molecule has 0 spiro atoms. The SMILES string of the molecule is NC(=NO)C1(NC(=O)c2ccn[nH]2)CCCCCC1. The summed E-state index contributed by atoms with van der Waals surface area (Å²) in [5.74, 6) is -0.215. The fourth-order valence-electron chi connectivity index (χ4n) is 2.54. The van der Waals surface area contributed by atoms with Crippen molar-refractivity contribution in [1.29, 1.82) is 0 Å². The van der Waals surface area contributed by atoms with E-state index in [1.54, 1.807) is 6.07 Å². The standard InChI is InChI=1S/C12H19N5O2/c13-11(17-19)12(6-3-1-2-4-7-12)15-10(18)9-5-8-14-16-9/h5,8,19H,1-4,6-7H2,(H2,13,17)(H,14,16)(H,15,18). The highest BCUT2D eigenvalue weighted by atomic mass is 16.4. The monoisotopic (exact) mass is 265 g/mol. The molecule has 0 radical (unpaired) electrons. The van der Waals surface area contributed by atoms with E-state index in [1.807, 2.05) is 0 Å². The van der Waals surface area contributed by atoms with Crippen molar-refractivity contribution in [2.45, 2.75) is 44.1 Å². The molecule has 19 heavy (non-hydrogen) atoms. The van der Waals surface area contributed by atoms with Crippen LogP contribution in [0.5, 0.6) is 0 Å². The Bertz CT molecular complexity index is 447. The lowest BCUT2D eigenvalue weighted by molar-refractivity contribution is 0.0910. The van der Waals surface area contributed by atoms with E-state index in [-0.39, 0.29) is 11.7 Å². The molecule has 7 heteroatoms. The summed E-state index contributed by atoms with van der Waals surface area (Å²) in [4.78, 5) is 12.1. The topological polar surface area (TPSA) is 116 Å². The molecule has 0 saturated heterocycles. The number of carbonyl (C=O) groups excluding carboxylic acids is 1. The molecule has 1 aromatic rings. The van der Waals surface area contributed by atoms with Crippen LogP contribution in [-0.2, 0) is 0 Å². The van der Waals surface area contributed by atoms with Gasteiger partial charge in [-0.25, -0.2) is 0 Å². The fourth-order valence-corrected chi connectivity index (χ4v) is 2.54. The fraction of sp³-hybridized carbons (Fsp3) is 0.583. The molecule has 0 aliphatic heterocycles. The highest BCUT2D eigenvalue weighted by Crippen LogP contribution is 2.27. The molecule has 7 nitrogen and oxygen atoms in total. The zero-order chi connectivity index (χ0) is 13.7. The quantitative estimate of drug-likeness (QED) is 0.214. The molecular weight excluding hydrogens is 246 g/mol. The summed E-state index contributed by atoms with van der Waals surface area (Å²) in [7, 11) is 0. The summed E-state index contributed by atoms with van der Waals surface area (Å²) in [5, 5.41) is 21.3. The second kappa shape index (κ2) is 5.73. The maximum absolute atomic E-state index is 12.1. The molecule has 2 rings (SSSR count). The second-order valence-corrected chi connectivity index (χ2v) is 4.91. The van der Waals surface area contributed by atoms with E-state index in [0.29, 0.717) is 18.5 Å². The van der Waals surface area contributed by atoms with Gasteiger partial charge >= 0.3 is 0 Å². The Hall–Kier alpha value is -2.05. The van der Waals surface area contributed by atoms with Crippen molar-refractivity contribution in [3.05, 3.63) is 18.0 Å². The number of amides is 1. The van der Waals surface area contributed by atoms with Crippen molar-refractivity contribution in [2.75, 3.05) is 0 Å². The first kappa shape index (κ1) is 13.4.